The van der Waals surface area contributed by atoms with E-state index in [-0.39, 0.29) is 11.8 Å². The van der Waals surface area contributed by atoms with Crippen molar-refractivity contribution in [1.29, 1.82) is 0 Å². The van der Waals surface area contributed by atoms with Gasteiger partial charge in [-0.25, -0.2) is 4.79 Å². The zero-order chi connectivity index (χ0) is 22.3. The van der Waals surface area contributed by atoms with Crippen LogP contribution in [0, 0.1) is 5.92 Å². The number of ether oxygens (including phenoxy) is 2. The Labute approximate surface area is 179 Å². The molecule has 2 aromatic carbocycles. The standard InChI is InChI=1S/C25H33NO4/c1-18(2)23(27)22(19-10-8-7-9-11-19)16-17-26(24(28)30-25(3,4)5)20-12-14-21(29-6)15-13-20/h7-18,22-23,27H,1-6H3/b17-16-. The van der Waals surface area contributed by atoms with Crippen LogP contribution in [0.3, 0.4) is 0 Å². The van der Waals surface area contributed by atoms with Gasteiger partial charge in [0.2, 0.25) is 0 Å². The first-order valence-electron chi connectivity index (χ1n) is 10.2. The smallest absolute Gasteiger partial charge is 0.418 e. The molecule has 0 saturated carbocycles. The van der Waals surface area contributed by atoms with Crippen LogP contribution in [0.25, 0.3) is 0 Å². The minimum Gasteiger partial charge on any atom is -0.497 e. The van der Waals surface area contributed by atoms with Crippen molar-refractivity contribution in [2.24, 2.45) is 5.92 Å². The van der Waals surface area contributed by atoms with Crippen molar-refractivity contribution in [2.45, 2.75) is 52.2 Å². The van der Waals surface area contributed by atoms with Crippen LogP contribution < -0.4 is 9.64 Å². The van der Waals surface area contributed by atoms with Gasteiger partial charge >= 0.3 is 6.09 Å². The maximum atomic E-state index is 12.9. The van der Waals surface area contributed by atoms with E-state index in [2.05, 4.69) is 0 Å². The molecule has 5 nitrogen and oxygen atoms in total. The monoisotopic (exact) mass is 411 g/mol. The summed E-state index contributed by atoms with van der Waals surface area (Å²) in [5, 5.41) is 10.8. The Morgan fingerprint density at radius 1 is 1.03 bits per heavy atom. The zero-order valence-corrected chi connectivity index (χ0v) is 18.7. The van der Waals surface area contributed by atoms with Crippen molar-refractivity contribution in [3.05, 3.63) is 72.4 Å². The molecule has 0 aromatic heterocycles. The van der Waals surface area contributed by atoms with E-state index in [1.54, 1.807) is 37.6 Å². The molecule has 0 aliphatic carbocycles. The minimum absolute atomic E-state index is 0.0517. The second kappa shape index (κ2) is 10.3. The third-order valence-electron chi connectivity index (χ3n) is 4.62. The van der Waals surface area contributed by atoms with Gasteiger partial charge in [0.25, 0.3) is 0 Å². The first-order chi connectivity index (χ1) is 14.1. The highest BCUT2D eigenvalue weighted by molar-refractivity contribution is 5.90. The molecule has 2 atom stereocenters. The summed E-state index contributed by atoms with van der Waals surface area (Å²) in [7, 11) is 1.60. The Morgan fingerprint density at radius 2 is 1.63 bits per heavy atom. The molecule has 5 heteroatoms. The molecular formula is C25H33NO4. The molecule has 0 bridgehead atoms. The summed E-state index contributed by atoms with van der Waals surface area (Å²) in [5.41, 5.74) is 0.993. The average Bonchev–Trinajstić information content (AvgIpc) is 2.70. The van der Waals surface area contributed by atoms with E-state index >= 15 is 0 Å². The third-order valence-corrected chi connectivity index (χ3v) is 4.62. The number of nitrogens with zero attached hydrogens (tertiary/aromatic N) is 1. The van der Waals surface area contributed by atoms with Gasteiger partial charge in [0.1, 0.15) is 11.4 Å². The molecule has 0 saturated heterocycles. The summed E-state index contributed by atoms with van der Waals surface area (Å²) < 4.78 is 10.8. The molecular weight excluding hydrogens is 378 g/mol. The number of hydrogen-bond donors (Lipinski definition) is 1. The van der Waals surface area contributed by atoms with Crippen molar-refractivity contribution < 1.29 is 19.4 Å². The van der Waals surface area contributed by atoms with Gasteiger partial charge in [-0.1, -0.05) is 50.3 Å². The fourth-order valence-electron chi connectivity index (χ4n) is 3.00. The summed E-state index contributed by atoms with van der Waals surface area (Å²) in [6.45, 7) is 9.44. The molecule has 2 unspecified atom stereocenters. The largest absolute Gasteiger partial charge is 0.497 e. The lowest BCUT2D eigenvalue weighted by molar-refractivity contribution is 0.0595. The Kier molecular flexibility index (Phi) is 8.07. The predicted octanol–water partition coefficient (Wildman–Crippen LogP) is 5.75. The molecule has 162 valence electrons. The van der Waals surface area contributed by atoms with Gasteiger partial charge in [-0.2, -0.15) is 0 Å². The highest BCUT2D eigenvalue weighted by Gasteiger charge is 2.25. The fraction of sp³-hybridized carbons (Fsp3) is 0.400. The van der Waals surface area contributed by atoms with Gasteiger partial charge in [0.05, 0.1) is 18.9 Å². The Morgan fingerprint density at radius 3 is 2.13 bits per heavy atom. The van der Waals surface area contributed by atoms with E-state index in [0.29, 0.717) is 11.4 Å². The molecule has 1 N–H and O–H groups in total. The summed E-state index contributed by atoms with van der Waals surface area (Å²) >= 11 is 0. The first kappa shape index (κ1) is 23.5. The average molecular weight is 412 g/mol. The van der Waals surface area contributed by atoms with Gasteiger partial charge in [-0.3, -0.25) is 4.90 Å². The Bertz CT molecular complexity index is 822. The lowest BCUT2D eigenvalue weighted by Crippen LogP contribution is -2.34. The number of amides is 1. The number of rotatable bonds is 7. The second-order valence-corrected chi connectivity index (χ2v) is 8.56. The van der Waals surface area contributed by atoms with Gasteiger partial charge in [-0.05, 0) is 56.5 Å². The van der Waals surface area contributed by atoms with Crippen molar-refractivity contribution in [1.82, 2.24) is 0 Å². The van der Waals surface area contributed by atoms with E-state index < -0.39 is 17.8 Å². The SMILES string of the molecule is COc1ccc(N(/C=C\C(c2ccccc2)C(O)C(C)C)C(=O)OC(C)(C)C)cc1. The second-order valence-electron chi connectivity index (χ2n) is 8.56. The summed E-state index contributed by atoms with van der Waals surface area (Å²) in [5.74, 6) is 0.481. The number of carbonyl (C=O) groups excluding carboxylic acids is 1. The van der Waals surface area contributed by atoms with E-state index in [0.717, 1.165) is 5.56 Å². The first-order valence-corrected chi connectivity index (χ1v) is 10.2. The molecule has 0 radical (unpaired) electrons. The lowest BCUT2D eigenvalue weighted by atomic mass is 9.87. The molecule has 30 heavy (non-hydrogen) atoms. The summed E-state index contributed by atoms with van der Waals surface area (Å²) in [6.07, 6.45) is 2.45. The lowest BCUT2D eigenvalue weighted by Gasteiger charge is -2.27. The van der Waals surface area contributed by atoms with Gasteiger partial charge in [-0.15, -0.1) is 0 Å². The molecule has 0 aliphatic rings. The predicted molar refractivity (Wildman–Crippen MR) is 121 cm³/mol. The topological polar surface area (TPSA) is 59.0 Å². The van der Waals surface area contributed by atoms with E-state index in [1.807, 2.05) is 71.0 Å². The van der Waals surface area contributed by atoms with Crippen molar-refractivity contribution in [3.63, 3.8) is 0 Å². The highest BCUT2D eigenvalue weighted by Crippen LogP contribution is 2.28. The molecule has 2 aromatic rings. The van der Waals surface area contributed by atoms with Gasteiger partial charge in [0, 0.05) is 12.1 Å². The molecule has 0 fully saturated rings. The van der Waals surface area contributed by atoms with E-state index in [1.165, 1.54) is 4.90 Å². The van der Waals surface area contributed by atoms with Gasteiger partial charge < -0.3 is 14.6 Å². The quantitative estimate of drug-likeness (QED) is 0.630. The van der Waals surface area contributed by atoms with Crippen LogP contribution in [0.2, 0.25) is 0 Å². The molecule has 0 spiro atoms. The van der Waals surface area contributed by atoms with Crippen molar-refractivity contribution in [2.75, 3.05) is 12.0 Å². The number of aliphatic hydroxyl groups excluding tert-OH is 1. The maximum Gasteiger partial charge on any atom is 0.418 e. The molecule has 1 amide bonds. The van der Waals surface area contributed by atoms with Crippen LogP contribution >= 0.6 is 0 Å². The zero-order valence-electron chi connectivity index (χ0n) is 18.7. The molecule has 2 rings (SSSR count). The number of anilines is 1. The number of aliphatic hydroxyl groups is 1. The van der Waals surface area contributed by atoms with Crippen LogP contribution in [0.4, 0.5) is 10.5 Å². The van der Waals surface area contributed by atoms with Crippen LogP contribution in [-0.2, 0) is 4.74 Å². The fourth-order valence-corrected chi connectivity index (χ4v) is 3.00. The van der Waals surface area contributed by atoms with E-state index in [4.69, 9.17) is 9.47 Å². The summed E-state index contributed by atoms with van der Waals surface area (Å²) in [4.78, 5) is 14.4. The Hall–Kier alpha value is -2.79. The number of carbonyl (C=O) groups is 1. The van der Waals surface area contributed by atoms with Crippen LogP contribution in [0.5, 0.6) is 5.75 Å². The van der Waals surface area contributed by atoms with Gasteiger partial charge in [0.15, 0.2) is 0 Å². The maximum absolute atomic E-state index is 12.9. The van der Waals surface area contributed by atoms with Crippen molar-refractivity contribution >= 4 is 11.8 Å². The number of benzene rings is 2. The number of hydrogen-bond acceptors (Lipinski definition) is 4. The molecule has 0 heterocycles. The summed E-state index contributed by atoms with van der Waals surface area (Å²) in [6, 6.07) is 17.0. The molecule has 0 aliphatic heterocycles. The number of methoxy groups -OCH3 is 1. The Balaban J connectivity index is 2.42. The minimum atomic E-state index is -0.633. The third kappa shape index (κ3) is 6.63. The van der Waals surface area contributed by atoms with E-state index in [9.17, 15) is 9.90 Å². The van der Waals surface area contributed by atoms with Crippen LogP contribution in [0.15, 0.2) is 66.9 Å². The van der Waals surface area contributed by atoms with Crippen molar-refractivity contribution in [3.8, 4) is 5.75 Å². The van der Waals surface area contributed by atoms with Crippen LogP contribution in [0.1, 0.15) is 46.1 Å². The normalized spacial score (nSPS) is 13.9. The highest BCUT2D eigenvalue weighted by atomic mass is 16.6. The van der Waals surface area contributed by atoms with Crippen LogP contribution in [-0.4, -0.2) is 30.0 Å².